The highest BCUT2D eigenvalue weighted by Crippen LogP contribution is 2.29. The van der Waals surface area contributed by atoms with Crippen molar-refractivity contribution in [3.05, 3.63) is 63.3 Å². The van der Waals surface area contributed by atoms with Gasteiger partial charge in [0.1, 0.15) is 5.75 Å². The molecule has 2 aromatic carbocycles. The maximum absolute atomic E-state index is 12.6. The summed E-state index contributed by atoms with van der Waals surface area (Å²) in [7, 11) is 1.64. The molecule has 0 saturated carbocycles. The summed E-state index contributed by atoms with van der Waals surface area (Å²) in [6.07, 6.45) is 4.44. The van der Waals surface area contributed by atoms with Crippen LogP contribution in [-0.4, -0.2) is 18.9 Å². The Morgan fingerprint density at radius 2 is 1.76 bits per heavy atom. The predicted octanol–water partition coefficient (Wildman–Crippen LogP) is 4.35. The van der Waals surface area contributed by atoms with E-state index in [0.717, 1.165) is 34.9 Å². The Morgan fingerprint density at radius 1 is 1.00 bits per heavy atom. The molecule has 0 unspecified atom stereocenters. The van der Waals surface area contributed by atoms with E-state index < -0.39 is 5.92 Å². The molecule has 1 heterocycles. The van der Waals surface area contributed by atoms with Crippen molar-refractivity contribution < 1.29 is 14.3 Å². The maximum Gasteiger partial charge on any atom is 0.279 e. The van der Waals surface area contributed by atoms with E-state index in [-0.39, 0.29) is 11.8 Å². The Labute approximate surface area is 174 Å². The van der Waals surface area contributed by atoms with Crippen LogP contribution in [0.2, 0.25) is 0 Å². The number of benzene rings is 2. The normalized spacial score (nSPS) is 14.1. The average molecular weight is 409 g/mol. The van der Waals surface area contributed by atoms with Gasteiger partial charge in [0.05, 0.1) is 17.9 Å². The van der Waals surface area contributed by atoms with Crippen LogP contribution >= 0.6 is 11.3 Å². The van der Waals surface area contributed by atoms with Gasteiger partial charge in [0, 0.05) is 4.88 Å². The van der Waals surface area contributed by atoms with Gasteiger partial charge in [0.15, 0.2) is 0 Å². The summed E-state index contributed by atoms with van der Waals surface area (Å²) in [6.45, 7) is 1.83. The molecule has 2 N–H and O–H groups in total. The smallest absolute Gasteiger partial charge is 0.279 e. The van der Waals surface area contributed by atoms with E-state index >= 15 is 0 Å². The molecular formula is C23H24N2O3S. The third kappa shape index (κ3) is 4.12. The topological polar surface area (TPSA) is 67.4 Å². The van der Waals surface area contributed by atoms with Crippen LogP contribution in [0.5, 0.6) is 5.75 Å². The van der Waals surface area contributed by atoms with E-state index in [1.54, 1.807) is 7.11 Å². The molecule has 29 heavy (non-hydrogen) atoms. The molecule has 4 rings (SSSR count). The van der Waals surface area contributed by atoms with E-state index in [1.165, 1.54) is 34.6 Å². The van der Waals surface area contributed by atoms with Gasteiger partial charge in [0.25, 0.3) is 5.91 Å². The fraction of sp³-hybridized carbons (Fsp3) is 0.304. The van der Waals surface area contributed by atoms with Crippen molar-refractivity contribution in [2.75, 3.05) is 7.11 Å². The molecule has 1 aromatic heterocycles. The molecule has 3 aromatic rings. The van der Waals surface area contributed by atoms with Gasteiger partial charge >= 0.3 is 0 Å². The van der Waals surface area contributed by atoms with Gasteiger partial charge in [-0.2, -0.15) is 0 Å². The van der Waals surface area contributed by atoms with Crippen LogP contribution in [-0.2, 0) is 17.6 Å². The first-order valence-electron chi connectivity index (χ1n) is 9.84. The summed E-state index contributed by atoms with van der Waals surface area (Å²) in [4.78, 5) is 27.0. The van der Waals surface area contributed by atoms with Crippen molar-refractivity contribution >= 4 is 33.9 Å². The van der Waals surface area contributed by atoms with Crippen molar-refractivity contribution in [3.8, 4) is 5.75 Å². The third-order valence-electron chi connectivity index (χ3n) is 5.48. The van der Waals surface area contributed by atoms with E-state index in [4.69, 9.17) is 4.74 Å². The molecule has 150 valence electrons. The second kappa shape index (κ2) is 8.25. The number of hydrazine groups is 1. The van der Waals surface area contributed by atoms with Gasteiger partial charge in [-0.05, 0) is 72.7 Å². The standard InChI is InChI=1S/C23H24N2O3S/c1-14(15-7-8-17-12-19(28-2)10-9-16(17)11-15)22(26)24-25-23(27)21-13-18-5-3-4-6-20(18)29-21/h7-14H,3-6H2,1-2H3,(H,24,26)(H,25,27)/t14-/m0/s1. The van der Waals surface area contributed by atoms with Crippen molar-refractivity contribution in [3.63, 3.8) is 0 Å². The number of amides is 2. The number of fused-ring (bicyclic) bond motifs is 2. The number of carbonyl (C=O) groups excluding carboxylic acids is 2. The number of rotatable bonds is 4. The highest BCUT2D eigenvalue weighted by atomic mass is 32.1. The number of aryl methyl sites for hydroxylation is 2. The van der Waals surface area contributed by atoms with E-state index in [1.807, 2.05) is 49.4 Å². The van der Waals surface area contributed by atoms with E-state index in [2.05, 4.69) is 10.9 Å². The van der Waals surface area contributed by atoms with Crippen LogP contribution < -0.4 is 15.6 Å². The fourth-order valence-electron chi connectivity index (χ4n) is 3.68. The Morgan fingerprint density at radius 3 is 2.55 bits per heavy atom. The Kier molecular flexibility index (Phi) is 5.53. The van der Waals surface area contributed by atoms with Crippen LogP contribution in [0.3, 0.4) is 0 Å². The summed E-state index contributed by atoms with van der Waals surface area (Å²) in [5, 5.41) is 2.09. The molecule has 0 saturated heterocycles. The first kappa shape index (κ1) is 19.5. The summed E-state index contributed by atoms with van der Waals surface area (Å²) < 4.78 is 5.25. The van der Waals surface area contributed by atoms with E-state index in [0.29, 0.717) is 4.88 Å². The van der Waals surface area contributed by atoms with Gasteiger partial charge in [-0.1, -0.05) is 24.3 Å². The molecule has 1 atom stereocenters. The zero-order valence-corrected chi connectivity index (χ0v) is 17.4. The Hall–Kier alpha value is -2.86. The van der Waals surface area contributed by atoms with Crippen LogP contribution in [0, 0.1) is 0 Å². The lowest BCUT2D eigenvalue weighted by Gasteiger charge is -2.14. The number of thiophene rings is 1. The molecule has 6 heteroatoms. The van der Waals surface area contributed by atoms with Gasteiger partial charge in [-0.3, -0.25) is 20.4 Å². The highest BCUT2D eigenvalue weighted by molar-refractivity contribution is 7.14. The highest BCUT2D eigenvalue weighted by Gasteiger charge is 2.20. The lowest BCUT2D eigenvalue weighted by molar-refractivity contribution is -0.123. The zero-order valence-electron chi connectivity index (χ0n) is 16.6. The van der Waals surface area contributed by atoms with Gasteiger partial charge in [-0.25, -0.2) is 0 Å². The number of carbonyl (C=O) groups is 2. The number of nitrogens with one attached hydrogen (secondary N) is 2. The molecule has 0 aliphatic heterocycles. The van der Waals surface area contributed by atoms with E-state index in [9.17, 15) is 9.59 Å². The van der Waals surface area contributed by atoms with Crippen LogP contribution in [0.4, 0.5) is 0 Å². The molecule has 2 amide bonds. The predicted molar refractivity (Wildman–Crippen MR) is 115 cm³/mol. The summed E-state index contributed by atoms with van der Waals surface area (Å²) in [6, 6.07) is 13.7. The molecular weight excluding hydrogens is 384 g/mol. The minimum atomic E-state index is -0.390. The second-order valence-corrected chi connectivity index (χ2v) is 8.54. The minimum absolute atomic E-state index is 0.243. The molecule has 1 aliphatic rings. The first-order chi connectivity index (χ1) is 14.0. The Bertz CT molecular complexity index is 1050. The lowest BCUT2D eigenvalue weighted by atomic mass is 9.97. The van der Waals surface area contributed by atoms with Crippen molar-refractivity contribution in [2.45, 2.75) is 38.5 Å². The maximum atomic E-state index is 12.6. The van der Waals surface area contributed by atoms with Gasteiger partial charge < -0.3 is 4.74 Å². The molecule has 0 spiro atoms. The number of ether oxygens (including phenoxy) is 1. The van der Waals surface area contributed by atoms with Gasteiger partial charge in [0.2, 0.25) is 5.91 Å². The quantitative estimate of drug-likeness (QED) is 0.631. The summed E-state index contributed by atoms with van der Waals surface area (Å²) in [5.41, 5.74) is 7.31. The number of methoxy groups -OCH3 is 1. The second-order valence-electron chi connectivity index (χ2n) is 7.40. The molecule has 0 radical (unpaired) electrons. The minimum Gasteiger partial charge on any atom is -0.497 e. The molecule has 5 nitrogen and oxygen atoms in total. The van der Waals surface area contributed by atoms with Crippen LogP contribution in [0.25, 0.3) is 10.8 Å². The molecule has 0 fully saturated rings. The van der Waals surface area contributed by atoms with Crippen LogP contribution in [0.1, 0.15) is 51.4 Å². The Balaban J connectivity index is 1.40. The molecule has 0 bridgehead atoms. The zero-order chi connectivity index (χ0) is 20.4. The number of hydrogen-bond acceptors (Lipinski definition) is 4. The average Bonchev–Trinajstić information content (AvgIpc) is 3.20. The van der Waals surface area contributed by atoms with Crippen molar-refractivity contribution in [1.29, 1.82) is 0 Å². The van der Waals surface area contributed by atoms with Crippen molar-refractivity contribution in [1.82, 2.24) is 10.9 Å². The first-order valence-corrected chi connectivity index (χ1v) is 10.7. The SMILES string of the molecule is COc1ccc2cc([C@H](C)C(=O)NNC(=O)c3cc4c(s3)CCCC4)ccc2c1. The monoisotopic (exact) mass is 408 g/mol. The third-order valence-corrected chi connectivity index (χ3v) is 6.72. The van der Waals surface area contributed by atoms with Crippen molar-refractivity contribution in [2.24, 2.45) is 0 Å². The fourth-order valence-corrected chi connectivity index (χ4v) is 4.83. The lowest BCUT2D eigenvalue weighted by Crippen LogP contribution is -2.43. The van der Waals surface area contributed by atoms with Gasteiger partial charge in [-0.15, -0.1) is 11.3 Å². The summed E-state index contributed by atoms with van der Waals surface area (Å²) >= 11 is 1.53. The largest absolute Gasteiger partial charge is 0.497 e. The summed E-state index contributed by atoms with van der Waals surface area (Å²) in [5.74, 6) is -0.0876. The van der Waals surface area contributed by atoms with Crippen LogP contribution in [0.15, 0.2) is 42.5 Å². The number of hydrogen-bond donors (Lipinski definition) is 2. The molecule has 1 aliphatic carbocycles.